The van der Waals surface area contributed by atoms with Crippen molar-refractivity contribution < 1.29 is 4.74 Å². The third-order valence-electron chi connectivity index (χ3n) is 4.51. The van der Waals surface area contributed by atoms with Gasteiger partial charge in [-0.15, -0.1) is 0 Å². The van der Waals surface area contributed by atoms with Crippen molar-refractivity contribution in [3.8, 4) is 11.4 Å². The van der Waals surface area contributed by atoms with E-state index in [4.69, 9.17) is 9.72 Å². The van der Waals surface area contributed by atoms with E-state index in [9.17, 15) is 0 Å². The first-order valence-corrected chi connectivity index (χ1v) is 7.62. The van der Waals surface area contributed by atoms with E-state index in [1.54, 1.807) is 7.11 Å². The zero-order valence-corrected chi connectivity index (χ0v) is 12.9. The Balaban J connectivity index is 1.75. The Morgan fingerprint density at radius 3 is 2.64 bits per heavy atom. The predicted octanol–water partition coefficient (Wildman–Crippen LogP) is 3.75. The summed E-state index contributed by atoms with van der Waals surface area (Å²) in [6.45, 7) is 2.91. The number of methoxy groups -OCH3 is 1. The Morgan fingerprint density at radius 1 is 1.18 bits per heavy atom. The lowest BCUT2D eigenvalue weighted by Gasteiger charge is -2.12. The van der Waals surface area contributed by atoms with Gasteiger partial charge in [-0.3, -0.25) is 0 Å². The highest BCUT2D eigenvalue weighted by Gasteiger charge is 2.40. The fraction of sp³-hybridized carbons (Fsp3) is 0.333. The minimum absolute atomic E-state index is 0.246. The molecule has 112 valence electrons. The van der Waals surface area contributed by atoms with Crippen molar-refractivity contribution in [2.24, 2.45) is 0 Å². The third kappa shape index (κ3) is 2.20. The molecule has 0 amide bonds. The summed E-state index contributed by atoms with van der Waals surface area (Å²) in [4.78, 5) is 9.32. The van der Waals surface area contributed by atoms with Crippen LogP contribution in [-0.4, -0.2) is 21.6 Å². The van der Waals surface area contributed by atoms with Gasteiger partial charge in [0, 0.05) is 36.0 Å². The van der Waals surface area contributed by atoms with Crippen molar-refractivity contribution in [3.63, 3.8) is 0 Å². The highest BCUT2D eigenvalue weighted by molar-refractivity contribution is 5.78. The zero-order valence-electron chi connectivity index (χ0n) is 12.9. The average Bonchev–Trinajstić information content (AvgIpc) is 3.13. The van der Waals surface area contributed by atoms with Gasteiger partial charge in [0.2, 0.25) is 0 Å². The molecule has 4 heteroatoms. The van der Waals surface area contributed by atoms with Crippen molar-refractivity contribution in [2.75, 3.05) is 7.11 Å². The molecule has 0 bridgehead atoms. The lowest BCUT2D eigenvalue weighted by atomic mass is 10.1. The summed E-state index contributed by atoms with van der Waals surface area (Å²) in [5.74, 6) is 0.778. The average molecular weight is 293 g/mol. The lowest BCUT2D eigenvalue weighted by molar-refractivity contribution is 0.185. The number of fused-ring (bicyclic) bond motifs is 1. The third-order valence-corrected chi connectivity index (χ3v) is 4.51. The highest BCUT2D eigenvalue weighted by atomic mass is 16.5. The summed E-state index contributed by atoms with van der Waals surface area (Å²) < 4.78 is 7.44. The van der Waals surface area contributed by atoms with Crippen LogP contribution in [0.25, 0.3) is 22.4 Å². The summed E-state index contributed by atoms with van der Waals surface area (Å²) in [6, 6.07) is 10.3. The molecule has 1 aliphatic rings. The molecule has 0 aliphatic heterocycles. The predicted molar refractivity (Wildman–Crippen MR) is 86.6 cm³/mol. The van der Waals surface area contributed by atoms with Crippen LogP contribution < -0.4 is 0 Å². The molecular formula is C18H19N3O. The summed E-state index contributed by atoms with van der Waals surface area (Å²) in [5.41, 5.74) is 3.47. The number of benzene rings is 1. The molecule has 3 aromatic rings. The molecule has 0 saturated heterocycles. The second-order valence-corrected chi connectivity index (χ2v) is 6.29. The van der Waals surface area contributed by atoms with Crippen LogP contribution >= 0.6 is 0 Å². The first-order chi connectivity index (χ1) is 10.7. The molecule has 1 aliphatic carbocycles. The van der Waals surface area contributed by atoms with Crippen molar-refractivity contribution in [3.05, 3.63) is 48.3 Å². The number of hydrogen-bond donors (Lipinski definition) is 0. The molecule has 0 atom stereocenters. The van der Waals surface area contributed by atoms with Gasteiger partial charge in [-0.1, -0.05) is 24.3 Å². The lowest BCUT2D eigenvalue weighted by Crippen LogP contribution is -2.11. The summed E-state index contributed by atoms with van der Waals surface area (Å²) >= 11 is 0. The molecule has 2 aromatic heterocycles. The minimum atomic E-state index is 0.246. The molecule has 0 spiro atoms. The van der Waals surface area contributed by atoms with Crippen LogP contribution in [0.2, 0.25) is 0 Å². The number of aromatic nitrogens is 3. The standard InChI is InChI=1S/C18H19N3O/c1-18(8-9-18)21-10-7-15-11-19-16(20-17(15)21)14-5-3-13(4-6-14)12-22-2/h3-7,10-11H,8-9,12H2,1-2H3. The normalized spacial score (nSPS) is 16.1. The Bertz CT molecular complexity index is 816. The van der Waals surface area contributed by atoms with E-state index in [0.29, 0.717) is 6.61 Å². The van der Waals surface area contributed by atoms with Gasteiger partial charge >= 0.3 is 0 Å². The van der Waals surface area contributed by atoms with E-state index in [2.05, 4.69) is 53.0 Å². The van der Waals surface area contributed by atoms with Crippen LogP contribution in [0.4, 0.5) is 0 Å². The van der Waals surface area contributed by atoms with E-state index >= 15 is 0 Å². The molecule has 1 saturated carbocycles. The van der Waals surface area contributed by atoms with Crippen LogP contribution in [0.5, 0.6) is 0 Å². The van der Waals surface area contributed by atoms with Gasteiger partial charge in [-0.05, 0) is 31.4 Å². The molecule has 2 heterocycles. The topological polar surface area (TPSA) is 39.9 Å². The van der Waals surface area contributed by atoms with Gasteiger partial charge < -0.3 is 9.30 Å². The second-order valence-electron chi connectivity index (χ2n) is 6.29. The van der Waals surface area contributed by atoms with Crippen LogP contribution in [0, 0.1) is 0 Å². The molecule has 4 rings (SSSR count). The van der Waals surface area contributed by atoms with Gasteiger partial charge in [0.05, 0.1) is 6.61 Å². The summed E-state index contributed by atoms with van der Waals surface area (Å²) in [5, 5.41) is 1.10. The maximum atomic E-state index is 5.15. The van der Waals surface area contributed by atoms with E-state index < -0.39 is 0 Å². The molecule has 0 radical (unpaired) electrons. The van der Waals surface area contributed by atoms with Crippen LogP contribution in [0.1, 0.15) is 25.3 Å². The quantitative estimate of drug-likeness (QED) is 0.735. The monoisotopic (exact) mass is 293 g/mol. The SMILES string of the molecule is COCc1ccc(-c2ncc3ccn(C4(C)CC4)c3n2)cc1. The second kappa shape index (κ2) is 4.92. The number of nitrogens with zero attached hydrogens (tertiary/aromatic N) is 3. The largest absolute Gasteiger partial charge is 0.380 e. The van der Waals surface area contributed by atoms with Crippen LogP contribution in [0.3, 0.4) is 0 Å². The van der Waals surface area contributed by atoms with Crippen molar-refractivity contribution in [1.82, 2.24) is 14.5 Å². The van der Waals surface area contributed by atoms with Gasteiger partial charge in [-0.2, -0.15) is 0 Å². The molecule has 22 heavy (non-hydrogen) atoms. The molecule has 1 aromatic carbocycles. The Kier molecular flexibility index (Phi) is 3.01. The molecule has 4 nitrogen and oxygen atoms in total. The zero-order chi connectivity index (χ0) is 15.2. The minimum Gasteiger partial charge on any atom is -0.380 e. The van der Waals surface area contributed by atoms with Crippen LogP contribution in [0.15, 0.2) is 42.7 Å². The smallest absolute Gasteiger partial charge is 0.161 e. The van der Waals surface area contributed by atoms with Crippen molar-refractivity contribution in [1.29, 1.82) is 0 Å². The first kappa shape index (κ1) is 13.5. The van der Waals surface area contributed by atoms with Gasteiger partial charge in [0.1, 0.15) is 5.65 Å². The van der Waals surface area contributed by atoms with Crippen molar-refractivity contribution in [2.45, 2.75) is 31.9 Å². The van der Waals surface area contributed by atoms with Gasteiger partial charge in [0.15, 0.2) is 5.82 Å². The maximum absolute atomic E-state index is 5.15. The van der Waals surface area contributed by atoms with Crippen molar-refractivity contribution >= 4 is 11.0 Å². The van der Waals surface area contributed by atoms with E-state index in [1.807, 2.05) is 6.20 Å². The highest BCUT2D eigenvalue weighted by Crippen LogP contribution is 2.44. The van der Waals surface area contributed by atoms with E-state index in [1.165, 1.54) is 12.8 Å². The number of rotatable bonds is 4. The summed E-state index contributed by atoms with van der Waals surface area (Å²) in [6.07, 6.45) is 6.50. The van der Waals surface area contributed by atoms with E-state index in [0.717, 1.165) is 28.0 Å². The fourth-order valence-electron chi connectivity index (χ4n) is 2.83. The van der Waals surface area contributed by atoms with E-state index in [-0.39, 0.29) is 5.54 Å². The summed E-state index contributed by atoms with van der Waals surface area (Å²) in [7, 11) is 1.71. The Labute approximate surface area is 129 Å². The fourth-order valence-corrected chi connectivity index (χ4v) is 2.83. The molecular weight excluding hydrogens is 274 g/mol. The van der Waals surface area contributed by atoms with Gasteiger partial charge in [-0.25, -0.2) is 9.97 Å². The number of ether oxygens (including phenoxy) is 1. The first-order valence-electron chi connectivity index (χ1n) is 7.62. The Morgan fingerprint density at radius 2 is 1.95 bits per heavy atom. The maximum Gasteiger partial charge on any atom is 0.161 e. The molecule has 0 unspecified atom stereocenters. The van der Waals surface area contributed by atoms with Gasteiger partial charge in [0.25, 0.3) is 0 Å². The Hall–Kier alpha value is -2.20. The van der Waals surface area contributed by atoms with Crippen LogP contribution in [-0.2, 0) is 16.9 Å². The number of hydrogen-bond acceptors (Lipinski definition) is 3. The molecule has 1 fully saturated rings. The molecule has 0 N–H and O–H groups in total.